The third-order valence-corrected chi connectivity index (χ3v) is 5.71. The van der Waals surface area contributed by atoms with Gasteiger partial charge in [0.05, 0.1) is 4.90 Å². The molecule has 0 radical (unpaired) electrons. The van der Waals surface area contributed by atoms with Crippen LogP contribution in [-0.2, 0) is 10.0 Å². The number of rotatable bonds is 4. The average Bonchev–Trinajstić information content (AvgIpc) is 2.94. The fourth-order valence-electron chi connectivity index (χ4n) is 2.73. The Hall–Kier alpha value is -1.40. The Morgan fingerprint density at radius 2 is 1.86 bits per heavy atom. The molecule has 0 heterocycles. The Kier molecular flexibility index (Phi) is 4.23. The molecule has 116 valence electrons. The molecule has 0 unspecified atom stereocenters. The molecule has 3 rings (SSSR count). The van der Waals surface area contributed by atoms with Crippen LogP contribution in [0.5, 0.6) is 0 Å². The van der Waals surface area contributed by atoms with Crippen LogP contribution in [0.1, 0.15) is 6.42 Å². The van der Waals surface area contributed by atoms with E-state index in [0.29, 0.717) is 22.2 Å². The Balaban J connectivity index is 1.97. The molecular formula is C16H16ClNO3S. The molecule has 0 saturated heterocycles. The van der Waals surface area contributed by atoms with Crippen LogP contribution < -0.4 is 4.72 Å². The first kappa shape index (κ1) is 15.5. The van der Waals surface area contributed by atoms with Gasteiger partial charge >= 0.3 is 0 Å². The van der Waals surface area contributed by atoms with Gasteiger partial charge in [0, 0.05) is 34.4 Å². The van der Waals surface area contributed by atoms with Gasteiger partial charge in [0.2, 0.25) is 10.0 Å². The highest BCUT2D eigenvalue weighted by Gasteiger charge is 2.25. The largest absolute Gasteiger partial charge is 0.396 e. The van der Waals surface area contributed by atoms with Crippen LogP contribution in [-0.4, -0.2) is 26.2 Å². The zero-order valence-corrected chi connectivity index (χ0v) is 13.3. The van der Waals surface area contributed by atoms with E-state index < -0.39 is 10.0 Å². The third kappa shape index (κ3) is 2.90. The van der Waals surface area contributed by atoms with E-state index in [9.17, 15) is 8.42 Å². The van der Waals surface area contributed by atoms with E-state index in [0.717, 1.165) is 0 Å². The predicted octanol–water partition coefficient (Wildman–Crippen LogP) is 2.71. The normalized spacial score (nSPS) is 21.5. The van der Waals surface area contributed by atoms with Crippen molar-refractivity contribution in [3.63, 3.8) is 0 Å². The maximum Gasteiger partial charge on any atom is 0.241 e. The number of hydrogen-bond donors (Lipinski definition) is 2. The fourth-order valence-corrected chi connectivity index (χ4v) is 4.37. The van der Waals surface area contributed by atoms with Crippen molar-refractivity contribution in [2.45, 2.75) is 17.4 Å². The minimum absolute atomic E-state index is 0.00895. The second kappa shape index (κ2) is 6.01. The SMILES string of the molecule is O=S(=O)(N[C@@H]1C=C[C@H](CO)C1)c1ccc(Cl)c2ccccc12. The summed E-state index contributed by atoms with van der Waals surface area (Å²) >= 11 is 6.13. The van der Waals surface area contributed by atoms with Crippen LogP contribution in [0.15, 0.2) is 53.4 Å². The highest BCUT2D eigenvalue weighted by atomic mass is 35.5. The van der Waals surface area contributed by atoms with Crippen molar-refractivity contribution in [3.05, 3.63) is 53.6 Å². The number of aliphatic hydroxyl groups excluding tert-OH is 1. The van der Waals surface area contributed by atoms with Crippen molar-refractivity contribution in [1.82, 2.24) is 4.72 Å². The van der Waals surface area contributed by atoms with Gasteiger partial charge in [-0.25, -0.2) is 13.1 Å². The standard InChI is InChI=1S/C16H16ClNO3S/c17-15-7-8-16(14-4-2-1-3-13(14)15)22(20,21)18-12-6-5-11(9-12)10-19/h1-8,11-12,18-19H,9-10H2/t11-,12+/m0/s1. The second-order valence-electron chi connectivity index (χ2n) is 5.38. The van der Waals surface area contributed by atoms with Gasteiger partial charge in [0.1, 0.15) is 0 Å². The van der Waals surface area contributed by atoms with Crippen molar-refractivity contribution in [1.29, 1.82) is 0 Å². The second-order valence-corrected chi connectivity index (χ2v) is 7.47. The minimum atomic E-state index is -3.66. The van der Waals surface area contributed by atoms with Crippen LogP contribution >= 0.6 is 11.6 Å². The molecule has 6 heteroatoms. The van der Waals surface area contributed by atoms with E-state index >= 15 is 0 Å². The van der Waals surface area contributed by atoms with E-state index in [-0.39, 0.29) is 23.5 Å². The molecule has 0 aromatic heterocycles. The van der Waals surface area contributed by atoms with Gasteiger partial charge in [-0.1, -0.05) is 48.0 Å². The molecule has 22 heavy (non-hydrogen) atoms. The zero-order valence-electron chi connectivity index (χ0n) is 11.7. The predicted molar refractivity (Wildman–Crippen MR) is 87.4 cm³/mol. The molecule has 2 N–H and O–H groups in total. The van der Waals surface area contributed by atoms with Crippen molar-refractivity contribution in [2.24, 2.45) is 5.92 Å². The van der Waals surface area contributed by atoms with E-state index in [1.54, 1.807) is 30.3 Å². The van der Waals surface area contributed by atoms with Gasteiger partial charge in [-0.15, -0.1) is 0 Å². The van der Waals surface area contributed by atoms with Crippen LogP contribution in [0, 0.1) is 5.92 Å². The Morgan fingerprint density at radius 1 is 1.14 bits per heavy atom. The summed E-state index contributed by atoms with van der Waals surface area (Å²) in [5.41, 5.74) is 0. The van der Waals surface area contributed by atoms with Gasteiger partial charge < -0.3 is 5.11 Å². The molecule has 0 fully saturated rings. The quantitative estimate of drug-likeness (QED) is 0.843. The monoisotopic (exact) mass is 337 g/mol. The number of nitrogens with one attached hydrogen (secondary N) is 1. The number of sulfonamides is 1. The van der Waals surface area contributed by atoms with Crippen LogP contribution in [0.3, 0.4) is 0 Å². The highest BCUT2D eigenvalue weighted by molar-refractivity contribution is 7.89. The van der Waals surface area contributed by atoms with Gasteiger partial charge in [-0.05, 0) is 18.6 Å². The summed E-state index contributed by atoms with van der Waals surface area (Å²) in [5.74, 6) is 0.00895. The number of benzene rings is 2. The molecular weight excluding hydrogens is 322 g/mol. The molecule has 4 nitrogen and oxygen atoms in total. The lowest BCUT2D eigenvalue weighted by Crippen LogP contribution is -2.33. The summed E-state index contributed by atoms with van der Waals surface area (Å²) in [6, 6.07) is 9.98. The smallest absolute Gasteiger partial charge is 0.241 e. The average molecular weight is 338 g/mol. The Morgan fingerprint density at radius 3 is 2.55 bits per heavy atom. The number of hydrogen-bond acceptors (Lipinski definition) is 3. The fraction of sp³-hybridized carbons (Fsp3) is 0.250. The lowest BCUT2D eigenvalue weighted by atomic mass is 10.1. The summed E-state index contributed by atoms with van der Waals surface area (Å²) in [6.45, 7) is 0.0264. The van der Waals surface area contributed by atoms with Crippen LogP contribution in [0.4, 0.5) is 0 Å². The lowest BCUT2D eigenvalue weighted by molar-refractivity contribution is 0.248. The van der Waals surface area contributed by atoms with Gasteiger partial charge in [0.15, 0.2) is 0 Å². The van der Waals surface area contributed by atoms with Crippen molar-refractivity contribution < 1.29 is 13.5 Å². The summed E-state index contributed by atoms with van der Waals surface area (Å²) in [7, 11) is -3.66. The van der Waals surface area contributed by atoms with E-state index in [1.807, 2.05) is 12.1 Å². The first-order valence-corrected chi connectivity index (χ1v) is 8.86. The number of aliphatic hydroxyl groups is 1. The zero-order chi connectivity index (χ0) is 15.7. The molecule has 2 atom stereocenters. The first-order chi connectivity index (χ1) is 10.5. The molecule has 2 aromatic carbocycles. The summed E-state index contributed by atoms with van der Waals surface area (Å²) in [4.78, 5) is 0.216. The maximum atomic E-state index is 12.7. The van der Waals surface area contributed by atoms with E-state index in [2.05, 4.69) is 4.72 Å². The van der Waals surface area contributed by atoms with Crippen LogP contribution in [0.2, 0.25) is 5.02 Å². The number of halogens is 1. The highest BCUT2D eigenvalue weighted by Crippen LogP contribution is 2.29. The van der Waals surface area contributed by atoms with Gasteiger partial charge in [-0.2, -0.15) is 0 Å². The number of fused-ring (bicyclic) bond motifs is 1. The van der Waals surface area contributed by atoms with Gasteiger partial charge in [0.25, 0.3) is 0 Å². The maximum absolute atomic E-state index is 12.7. The van der Waals surface area contributed by atoms with Crippen molar-refractivity contribution in [2.75, 3.05) is 6.61 Å². The third-order valence-electron chi connectivity index (χ3n) is 3.83. The summed E-state index contributed by atoms with van der Waals surface area (Å²) in [6.07, 6.45) is 4.20. The molecule has 0 bridgehead atoms. The molecule has 1 aliphatic rings. The molecule has 0 aliphatic heterocycles. The topological polar surface area (TPSA) is 66.4 Å². The van der Waals surface area contributed by atoms with Gasteiger partial charge in [-0.3, -0.25) is 0 Å². The molecule has 1 aliphatic carbocycles. The Bertz CT molecular complexity index is 832. The lowest BCUT2D eigenvalue weighted by Gasteiger charge is -2.15. The van der Waals surface area contributed by atoms with E-state index in [4.69, 9.17) is 16.7 Å². The first-order valence-electron chi connectivity index (χ1n) is 7.00. The van der Waals surface area contributed by atoms with E-state index in [1.165, 1.54) is 6.07 Å². The van der Waals surface area contributed by atoms with Crippen molar-refractivity contribution in [3.8, 4) is 0 Å². The molecule has 0 amide bonds. The minimum Gasteiger partial charge on any atom is -0.396 e. The summed E-state index contributed by atoms with van der Waals surface area (Å²) in [5, 5.41) is 11.0. The molecule has 2 aromatic rings. The molecule has 0 spiro atoms. The van der Waals surface area contributed by atoms with Crippen LogP contribution in [0.25, 0.3) is 10.8 Å². The summed E-state index contributed by atoms with van der Waals surface area (Å²) < 4.78 is 28.0. The van der Waals surface area contributed by atoms with Crippen molar-refractivity contribution >= 4 is 32.4 Å². The molecule has 0 saturated carbocycles. The Labute approximate surface area is 134 Å².